The van der Waals surface area contributed by atoms with Gasteiger partial charge in [-0.1, -0.05) is 17.7 Å². The van der Waals surface area contributed by atoms with E-state index in [2.05, 4.69) is 50.7 Å². The molecule has 0 aliphatic carbocycles. The fourth-order valence-corrected chi connectivity index (χ4v) is 3.70. The Morgan fingerprint density at radius 1 is 1.19 bits per heavy atom. The molecule has 3 aromatic rings. The quantitative estimate of drug-likeness (QED) is 0.737. The first-order valence-electron chi connectivity index (χ1n) is 7.09. The molecule has 1 aliphatic heterocycles. The molecule has 5 heteroatoms. The number of H-pyrrole nitrogens is 1. The van der Waals surface area contributed by atoms with Crippen LogP contribution >= 0.6 is 11.9 Å². The lowest BCUT2D eigenvalue weighted by molar-refractivity contribution is 0.445. The van der Waals surface area contributed by atoms with Crippen LogP contribution in [0.15, 0.2) is 41.6 Å². The second kappa shape index (κ2) is 5.16. The summed E-state index contributed by atoms with van der Waals surface area (Å²) in [5.74, 6) is 0. The van der Waals surface area contributed by atoms with E-state index in [9.17, 15) is 0 Å². The summed E-state index contributed by atoms with van der Waals surface area (Å²) in [4.78, 5) is 5.75. The molecule has 4 rings (SSSR count). The van der Waals surface area contributed by atoms with Gasteiger partial charge in [-0.15, -0.1) is 0 Å². The summed E-state index contributed by atoms with van der Waals surface area (Å²) in [5, 5.41) is 8.22. The minimum atomic E-state index is 0.897. The average Bonchev–Trinajstić information content (AvgIpc) is 2.98. The number of aromatic amines is 1. The third-order valence-electron chi connectivity index (χ3n) is 3.89. The molecule has 4 nitrogen and oxygen atoms in total. The zero-order chi connectivity index (χ0) is 14.2. The fourth-order valence-electron chi connectivity index (χ4n) is 2.76. The van der Waals surface area contributed by atoms with Gasteiger partial charge in [0.05, 0.1) is 6.20 Å². The van der Waals surface area contributed by atoms with Crippen molar-refractivity contribution in [2.24, 2.45) is 0 Å². The van der Waals surface area contributed by atoms with Crippen molar-refractivity contribution in [3.63, 3.8) is 0 Å². The predicted molar refractivity (Wildman–Crippen MR) is 85.0 cm³/mol. The van der Waals surface area contributed by atoms with Crippen molar-refractivity contribution >= 4 is 23.0 Å². The molecule has 0 atom stereocenters. The van der Waals surface area contributed by atoms with Crippen LogP contribution in [0.3, 0.4) is 0 Å². The largest absolute Gasteiger partial charge is 0.261 e. The molecule has 0 radical (unpaired) electrons. The summed E-state index contributed by atoms with van der Waals surface area (Å²) in [6, 6.07) is 8.70. The minimum absolute atomic E-state index is 0.897. The average molecular weight is 296 g/mol. The van der Waals surface area contributed by atoms with E-state index in [0.29, 0.717) is 0 Å². The van der Waals surface area contributed by atoms with Gasteiger partial charge in [0.1, 0.15) is 0 Å². The van der Waals surface area contributed by atoms with Crippen LogP contribution in [0.25, 0.3) is 11.0 Å². The van der Waals surface area contributed by atoms with Gasteiger partial charge >= 0.3 is 0 Å². The number of nitrogens with zero attached hydrogens (tertiary/aromatic N) is 3. The van der Waals surface area contributed by atoms with E-state index >= 15 is 0 Å². The second-order valence-corrected chi connectivity index (χ2v) is 6.58. The smallest absolute Gasteiger partial charge is 0.155 e. The molecule has 0 saturated carbocycles. The zero-order valence-corrected chi connectivity index (χ0v) is 12.7. The van der Waals surface area contributed by atoms with Crippen LogP contribution in [0.4, 0.5) is 0 Å². The van der Waals surface area contributed by atoms with Crippen LogP contribution in [-0.4, -0.2) is 26.0 Å². The fraction of sp³-hybridized carbons (Fsp3) is 0.250. The van der Waals surface area contributed by atoms with E-state index in [1.54, 1.807) is 0 Å². The Balaban J connectivity index is 1.57. The van der Waals surface area contributed by atoms with Crippen molar-refractivity contribution < 1.29 is 0 Å². The van der Waals surface area contributed by atoms with E-state index < -0.39 is 0 Å². The number of aryl methyl sites for hydroxylation is 1. The van der Waals surface area contributed by atoms with Crippen LogP contribution < -0.4 is 0 Å². The Labute approximate surface area is 127 Å². The summed E-state index contributed by atoms with van der Waals surface area (Å²) in [6.45, 7) is 4.10. The number of fused-ring (bicyclic) bond motifs is 3. The highest BCUT2D eigenvalue weighted by Crippen LogP contribution is 2.31. The molecular weight excluding hydrogens is 280 g/mol. The number of aromatic nitrogens is 3. The van der Waals surface area contributed by atoms with Crippen LogP contribution in [0.1, 0.15) is 16.7 Å². The molecule has 0 bridgehead atoms. The Hall–Kier alpha value is -1.85. The number of nitrogens with one attached hydrogen (secondary N) is 1. The van der Waals surface area contributed by atoms with Gasteiger partial charge in [0.15, 0.2) is 5.65 Å². The van der Waals surface area contributed by atoms with Crippen LogP contribution in [0.5, 0.6) is 0 Å². The van der Waals surface area contributed by atoms with Gasteiger partial charge in [0, 0.05) is 29.6 Å². The lowest BCUT2D eigenvalue weighted by Gasteiger charge is -2.27. The Morgan fingerprint density at radius 3 is 2.90 bits per heavy atom. The number of hydrogen-bond donors (Lipinski definition) is 1. The van der Waals surface area contributed by atoms with Gasteiger partial charge in [-0.05, 0) is 48.6 Å². The molecule has 0 unspecified atom stereocenters. The van der Waals surface area contributed by atoms with Gasteiger partial charge in [-0.2, -0.15) is 5.10 Å². The van der Waals surface area contributed by atoms with E-state index in [4.69, 9.17) is 0 Å². The second-order valence-electron chi connectivity index (χ2n) is 5.41. The molecule has 2 aromatic heterocycles. The van der Waals surface area contributed by atoms with Crippen LogP contribution in [0.2, 0.25) is 0 Å². The van der Waals surface area contributed by atoms with Gasteiger partial charge in [-0.3, -0.25) is 5.10 Å². The van der Waals surface area contributed by atoms with Crippen molar-refractivity contribution in [1.82, 2.24) is 19.5 Å². The summed E-state index contributed by atoms with van der Waals surface area (Å²) in [6.07, 6.45) is 4.92. The van der Waals surface area contributed by atoms with Gasteiger partial charge in [-0.25, -0.2) is 9.29 Å². The first-order valence-corrected chi connectivity index (χ1v) is 7.86. The first kappa shape index (κ1) is 12.9. The molecule has 0 saturated heterocycles. The number of rotatable bonds is 2. The molecule has 1 aromatic carbocycles. The highest BCUT2D eigenvalue weighted by atomic mass is 32.2. The number of pyridine rings is 1. The van der Waals surface area contributed by atoms with E-state index in [1.807, 2.05) is 24.3 Å². The highest BCUT2D eigenvalue weighted by Gasteiger charge is 2.20. The molecule has 106 valence electrons. The Kier molecular flexibility index (Phi) is 3.16. The highest BCUT2D eigenvalue weighted by molar-refractivity contribution is 7.97. The monoisotopic (exact) mass is 296 g/mol. The molecule has 1 N–H and O–H groups in total. The van der Waals surface area contributed by atoms with Gasteiger partial charge < -0.3 is 0 Å². The van der Waals surface area contributed by atoms with Crippen molar-refractivity contribution in [3.8, 4) is 0 Å². The van der Waals surface area contributed by atoms with Crippen LogP contribution in [-0.2, 0) is 13.0 Å². The third kappa shape index (κ3) is 2.43. The standard InChI is InChI=1S/C16H16N4S/c1-11-2-4-13(5-3-11)21-20-7-6-14-12(10-20)8-17-16-15(14)9-18-19-16/h2-5,8-9H,6-7,10H2,1H3,(H,17,18,19). The first-order chi connectivity index (χ1) is 10.3. The van der Waals surface area contributed by atoms with E-state index in [0.717, 1.165) is 25.2 Å². The lowest BCUT2D eigenvalue weighted by atomic mass is 10.0. The van der Waals surface area contributed by atoms with Crippen molar-refractivity contribution in [2.75, 3.05) is 6.54 Å². The summed E-state index contributed by atoms with van der Waals surface area (Å²) < 4.78 is 2.40. The number of hydrogen-bond acceptors (Lipinski definition) is 4. The topological polar surface area (TPSA) is 44.8 Å². The molecule has 0 fully saturated rings. The molecular formula is C16H16N4S. The molecule has 0 amide bonds. The van der Waals surface area contributed by atoms with Crippen molar-refractivity contribution in [2.45, 2.75) is 24.8 Å². The van der Waals surface area contributed by atoms with E-state index in [1.165, 1.54) is 27.0 Å². The molecule has 0 spiro atoms. The maximum absolute atomic E-state index is 4.45. The lowest BCUT2D eigenvalue weighted by Crippen LogP contribution is -2.24. The normalized spacial score (nSPS) is 15.3. The predicted octanol–water partition coefficient (Wildman–Crippen LogP) is 3.33. The van der Waals surface area contributed by atoms with Gasteiger partial charge in [0.2, 0.25) is 0 Å². The summed E-state index contributed by atoms with van der Waals surface area (Å²) in [5.41, 5.74) is 4.91. The minimum Gasteiger partial charge on any atom is -0.261 e. The summed E-state index contributed by atoms with van der Waals surface area (Å²) in [7, 11) is 0. The third-order valence-corrected chi connectivity index (χ3v) is 4.95. The van der Waals surface area contributed by atoms with Crippen molar-refractivity contribution in [3.05, 3.63) is 53.3 Å². The Bertz CT molecular complexity index is 779. The Morgan fingerprint density at radius 2 is 2.05 bits per heavy atom. The number of benzene rings is 1. The van der Waals surface area contributed by atoms with Gasteiger partial charge in [0.25, 0.3) is 0 Å². The van der Waals surface area contributed by atoms with Crippen LogP contribution in [0, 0.1) is 6.92 Å². The SMILES string of the molecule is Cc1ccc(SN2CCc3c(cnc4[nH]ncc34)C2)cc1. The van der Waals surface area contributed by atoms with Crippen molar-refractivity contribution in [1.29, 1.82) is 0 Å². The molecule has 3 heterocycles. The van der Waals surface area contributed by atoms with E-state index in [-0.39, 0.29) is 0 Å². The summed E-state index contributed by atoms with van der Waals surface area (Å²) >= 11 is 1.83. The maximum atomic E-state index is 4.45. The zero-order valence-electron chi connectivity index (χ0n) is 11.8. The molecule has 1 aliphatic rings. The molecule has 21 heavy (non-hydrogen) atoms. The maximum Gasteiger partial charge on any atom is 0.155 e.